The molecule has 1 atom stereocenters. The first-order valence-electron chi connectivity index (χ1n) is 4.64. The van der Waals surface area contributed by atoms with Crippen LogP contribution in [0.25, 0.3) is 0 Å². The smallest absolute Gasteiger partial charge is 0.166 e. The van der Waals surface area contributed by atoms with Gasteiger partial charge in [-0.2, -0.15) is 0 Å². The fourth-order valence-corrected chi connectivity index (χ4v) is 1.24. The quantitative estimate of drug-likeness (QED) is 0.225. The summed E-state index contributed by atoms with van der Waals surface area (Å²) in [6.45, 7) is 9.27. The lowest BCUT2D eigenvalue weighted by molar-refractivity contribution is -0.119. The monoisotopic (exact) mass is 298 g/mol. The third-order valence-corrected chi connectivity index (χ3v) is 2.16. The summed E-state index contributed by atoms with van der Waals surface area (Å²) in [6, 6.07) is 0. The van der Waals surface area contributed by atoms with Crippen LogP contribution in [0.1, 0.15) is 26.7 Å². The lowest BCUT2D eigenvalue weighted by Gasteiger charge is -2.15. The third kappa shape index (κ3) is 8.71. The number of alkyl halides is 1. The molecule has 0 heterocycles. The van der Waals surface area contributed by atoms with Gasteiger partial charge in [0, 0.05) is 6.61 Å². The molecule has 0 aliphatic rings. The van der Waals surface area contributed by atoms with E-state index >= 15 is 0 Å². The highest BCUT2D eigenvalue weighted by atomic mass is 127. The van der Waals surface area contributed by atoms with Gasteiger partial charge in [0.15, 0.2) is 6.29 Å². The summed E-state index contributed by atoms with van der Waals surface area (Å²) in [5.41, 5.74) is 1.04. The van der Waals surface area contributed by atoms with Gasteiger partial charge in [0.25, 0.3) is 0 Å². The zero-order valence-corrected chi connectivity index (χ0v) is 10.7. The van der Waals surface area contributed by atoms with Crippen molar-refractivity contribution in [2.24, 2.45) is 0 Å². The largest absolute Gasteiger partial charge is 0.352 e. The molecule has 0 spiro atoms. The Morgan fingerprint density at radius 3 is 2.62 bits per heavy atom. The number of ether oxygens (including phenoxy) is 2. The van der Waals surface area contributed by atoms with Crippen molar-refractivity contribution < 1.29 is 9.47 Å². The fourth-order valence-electron chi connectivity index (χ4n) is 0.732. The average Bonchev–Trinajstić information content (AvgIpc) is 2.10. The molecule has 0 aromatic rings. The van der Waals surface area contributed by atoms with E-state index in [2.05, 4.69) is 36.1 Å². The lowest BCUT2D eigenvalue weighted by Crippen LogP contribution is -2.20. The van der Waals surface area contributed by atoms with E-state index in [1.165, 1.54) is 0 Å². The van der Waals surface area contributed by atoms with Gasteiger partial charge in [0.05, 0.1) is 11.0 Å². The van der Waals surface area contributed by atoms with Gasteiger partial charge in [-0.15, -0.1) is 0 Å². The van der Waals surface area contributed by atoms with E-state index in [1.807, 2.05) is 6.92 Å². The fraction of sp³-hybridized carbons (Fsp3) is 0.800. The molecule has 0 saturated carbocycles. The molecule has 0 aliphatic carbocycles. The number of halogens is 1. The second-order valence-corrected chi connectivity index (χ2v) is 3.96. The van der Waals surface area contributed by atoms with Crippen molar-refractivity contribution in [3.8, 4) is 0 Å². The van der Waals surface area contributed by atoms with Crippen LogP contribution in [-0.2, 0) is 9.47 Å². The highest BCUT2D eigenvalue weighted by Gasteiger charge is 2.06. The summed E-state index contributed by atoms with van der Waals surface area (Å²) in [7, 11) is 0. The summed E-state index contributed by atoms with van der Waals surface area (Å²) in [4.78, 5) is 0. The maximum atomic E-state index is 5.51. The molecule has 0 aromatic heterocycles. The van der Waals surface area contributed by atoms with E-state index in [9.17, 15) is 0 Å². The van der Waals surface area contributed by atoms with Crippen LogP contribution in [-0.4, -0.2) is 23.9 Å². The number of rotatable bonds is 8. The minimum atomic E-state index is -0.0659. The zero-order chi connectivity index (χ0) is 10.1. The Morgan fingerprint density at radius 2 is 2.15 bits per heavy atom. The lowest BCUT2D eigenvalue weighted by atomic mass is 10.4. The molecule has 3 heteroatoms. The Bertz CT molecular complexity index is 137. The van der Waals surface area contributed by atoms with Crippen LogP contribution in [0.15, 0.2) is 12.2 Å². The van der Waals surface area contributed by atoms with Crippen LogP contribution < -0.4 is 0 Å². The second kappa shape index (κ2) is 8.97. The maximum Gasteiger partial charge on any atom is 0.166 e. The molecule has 0 bridgehead atoms. The molecule has 0 saturated heterocycles. The number of unbranched alkanes of at least 4 members (excludes halogenated alkanes) is 1. The minimum absolute atomic E-state index is 0.0659. The second-order valence-electron chi connectivity index (χ2n) is 3.08. The van der Waals surface area contributed by atoms with E-state index in [4.69, 9.17) is 9.47 Å². The van der Waals surface area contributed by atoms with E-state index in [0.717, 1.165) is 29.4 Å². The van der Waals surface area contributed by atoms with Crippen molar-refractivity contribution in [1.82, 2.24) is 0 Å². The maximum absolute atomic E-state index is 5.51. The summed E-state index contributed by atoms with van der Waals surface area (Å²) >= 11 is 2.27. The highest BCUT2D eigenvalue weighted by Crippen LogP contribution is 2.03. The first kappa shape index (κ1) is 13.4. The molecule has 13 heavy (non-hydrogen) atoms. The van der Waals surface area contributed by atoms with Gasteiger partial charge in [-0.1, -0.05) is 48.1 Å². The molecule has 78 valence electrons. The molecule has 0 amide bonds. The molecule has 0 N–H and O–H groups in total. The van der Waals surface area contributed by atoms with Crippen LogP contribution >= 0.6 is 22.6 Å². The first-order chi connectivity index (χ1) is 6.20. The molecule has 0 radical (unpaired) electrons. The summed E-state index contributed by atoms with van der Waals surface area (Å²) in [5.74, 6) is 0. The van der Waals surface area contributed by atoms with Crippen LogP contribution in [0.4, 0.5) is 0 Å². The molecule has 0 rings (SSSR count). The zero-order valence-electron chi connectivity index (χ0n) is 8.51. The van der Waals surface area contributed by atoms with E-state index in [-0.39, 0.29) is 6.29 Å². The van der Waals surface area contributed by atoms with Crippen LogP contribution in [0.3, 0.4) is 0 Å². The molecular weight excluding hydrogens is 279 g/mol. The molecule has 0 aromatic carbocycles. The van der Waals surface area contributed by atoms with Crippen molar-refractivity contribution in [2.45, 2.75) is 33.0 Å². The van der Waals surface area contributed by atoms with Gasteiger partial charge in [0.2, 0.25) is 0 Å². The van der Waals surface area contributed by atoms with Gasteiger partial charge >= 0.3 is 0 Å². The summed E-state index contributed by atoms with van der Waals surface area (Å²) in [6.07, 6.45) is 2.20. The van der Waals surface area contributed by atoms with Gasteiger partial charge in [-0.3, -0.25) is 0 Å². The Labute approximate surface area is 94.8 Å². The van der Waals surface area contributed by atoms with Crippen LogP contribution in [0, 0.1) is 0 Å². The van der Waals surface area contributed by atoms with Crippen LogP contribution in [0.2, 0.25) is 0 Å². The Kier molecular flexibility index (Phi) is 9.23. The van der Waals surface area contributed by atoms with Gasteiger partial charge in [0.1, 0.15) is 0 Å². The van der Waals surface area contributed by atoms with Crippen molar-refractivity contribution in [3.05, 3.63) is 12.2 Å². The molecular formula is C10H19IO2. The SMILES string of the molecule is C=C(C)COC(CI)OCCCC. The van der Waals surface area contributed by atoms with Gasteiger partial charge < -0.3 is 9.47 Å². The predicted molar refractivity (Wildman–Crippen MR) is 64.3 cm³/mol. The Morgan fingerprint density at radius 1 is 1.46 bits per heavy atom. The van der Waals surface area contributed by atoms with Gasteiger partial charge in [-0.05, 0) is 13.3 Å². The average molecular weight is 298 g/mol. The third-order valence-electron chi connectivity index (χ3n) is 1.44. The highest BCUT2D eigenvalue weighted by molar-refractivity contribution is 14.1. The molecule has 2 nitrogen and oxygen atoms in total. The summed E-state index contributed by atoms with van der Waals surface area (Å²) in [5, 5.41) is 0. The van der Waals surface area contributed by atoms with Crippen molar-refractivity contribution in [1.29, 1.82) is 0 Å². The Balaban J connectivity index is 3.45. The number of hydrogen-bond donors (Lipinski definition) is 0. The topological polar surface area (TPSA) is 18.5 Å². The standard InChI is InChI=1S/C10H19IO2/c1-4-5-6-12-10(7-11)13-8-9(2)3/h10H,2,4-8H2,1,3H3. The summed E-state index contributed by atoms with van der Waals surface area (Å²) < 4.78 is 11.9. The van der Waals surface area contributed by atoms with E-state index in [0.29, 0.717) is 6.61 Å². The molecule has 1 unspecified atom stereocenters. The Hall–Kier alpha value is 0.390. The van der Waals surface area contributed by atoms with Crippen LogP contribution in [0.5, 0.6) is 0 Å². The normalized spacial score (nSPS) is 12.8. The van der Waals surface area contributed by atoms with E-state index in [1.54, 1.807) is 0 Å². The van der Waals surface area contributed by atoms with Crippen molar-refractivity contribution in [2.75, 3.05) is 17.6 Å². The molecule has 0 aliphatic heterocycles. The van der Waals surface area contributed by atoms with E-state index < -0.39 is 0 Å². The van der Waals surface area contributed by atoms with Crippen molar-refractivity contribution in [3.63, 3.8) is 0 Å². The van der Waals surface area contributed by atoms with Gasteiger partial charge in [-0.25, -0.2) is 0 Å². The first-order valence-corrected chi connectivity index (χ1v) is 6.16. The minimum Gasteiger partial charge on any atom is -0.352 e. The number of hydrogen-bond acceptors (Lipinski definition) is 2. The van der Waals surface area contributed by atoms with Crippen molar-refractivity contribution >= 4 is 22.6 Å². The molecule has 0 fully saturated rings. The predicted octanol–water partition coefficient (Wildman–Crippen LogP) is 3.16.